The molecule has 4 aromatic rings. The van der Waals surface area contributed by atoms with E-state index in [1.54, 1.807) is 24.3 Å². The second-order valence-corrected chi connectivity index (χ2v) is 8.47. The molecule has 0 saturated carbocycles. The number of hydrogen-bond donors (Lipinski definition) is 1. The van der Waals surface area contributed by atoms with Gasteiger partial charge in [0.2, 0.25) is 5.91 Å². The lowest BCUT2D eigenvalue weighted by atomic mass is 10.1. The number of nitrogens with zero attached hydrogens (tertiary/aromatic N) is 3. The van der Waals surface area contributed by atoms with Crippen LogP contribution in [0.1, 0.15) is 11.1 Å². The molecule has 1 aromatic heterocycles. The number of amides is 1. The number of anilines is 1. The van der Waals surface area contributed by atoms with E-state index in [9.17, 15) is 24.1 Å². The number of para-hydroxylation sites is 1. The quantitative estimate of drug-likeness (QED) is 0.185. The summed E-state index contributed by atoms with van der Waals surface area (Å²) < 4.78 is 15.5. The van der Waals surface area contributed by atoms with Crippen molar-refractivity contribution in [1.29, 1.82) is 0 Å². The monoisotopic (exact) mass is 478 g/mol. The van der Waals surface area contributed by atoms with Crippen molar-refractivity contribution in [3.63, 3.8) is 0 Å². The number of nitro benzene ring substituents is 1. The molecule has 8 nitrogen and oxygen atoms in total. The van der Waals surface area contributed by atoms with Gasteiger partial charge in [0, 0.05) is 12.1 Å². The molecule has 34 heavy (non-hydrogen) atoms. The van der Waals surface area contributed by atoms with Crippen molar-refractivity contribution < 1.29 is 14.1 Å². The molecule has 1 amide bonds. The fourth-order valence-corrected chi connectivity index (χ4v) is 4.24. The summed E-state index contributed by atoms with van der Waals surface area (Å²) in [6.07, 6.45) is 0. The highest BCUT2D eigenvalue weighted by Crippen LogP contribution is 2.26. The predicted molar refractivity (Wildman–Crippen MR) is 129 cm³/mol. The van der Waals surface area contributed by atoms with Crippen LogP contribution in [0.4, 0.5) is 15.8 Å². The van der Waals surface area contributed by atoms with E-state index in [0.717, 1.165) is 41.1 Å². The van der Waals surface area contributed by atoms with Gasteiger partial charge < -0.3 is 5.32 Å². The summed E-state index contributed by atoms with van der Waals surface area (Å²) in [5.41, 5.74) is 2.12. The van der Waals surface area contributed by atoms with E-state index >= 15 is 0 Å². The molecule has 3 aromatic carbocycles. The molecule has 1 heterocycles. The number of non-ortho nitro benzene ring substituents is 1. The molecule has 0 aliphatic rings. The van der Waals surface area contributed by atoms with Gasteiger partial charge >= 0.3 is 0 Å². The molecular formula is C24H19FN4O4S. The number of fused-ring (bicyclic) bond motifs is 1. The number of halogens is 1. The van der Waals surface area contributed by atoms with Crippen molar-refractivity contribution >= 4 is 39.9 Å². The minimum absolute atomic E-state index is 0.197. The second kappa shape index (κ2) is 9.44. The van der Waals surface area contributed by atoms with Gasteiger partial charge in [-0.15, -0.1) is 0 Å². The van der Waals surface area contributed by atoms with E-state index < -0.39 is 16.6 Å². The van der Waals surface area contributed by atoms with Crippen LogP contribution in [-0.2, 0) is 4.79 Å². The number of carbonyl (C=O) groups is 1. The molecule has 0 aliphatic carbocycles. The smallest absolute Gasteiger partial charge is 0.271 e. The molecule has 172 valence electrons. The highest BCUT2D eigenvalue weighted by atomic mass is 32.2. The summed E-state index contributed by atoms with van der Waals surface area (Å²) in [6.45, 7) is 3.84. The average molecular weight is 479 g/mol. The lowest BCUT2D eigenvalue weighted by Crippen LogP contribution is -2.23. The number of nitrogens with one attached hydrogen (secondary N) is 1. The van der Waals surface area contributed by atoms with E-state index in [1.807, 2.05) is 32.0 Å². The number of aromatic nitrogens is 2. The molecule has 0 fully saturated rings. The third kappa shape index (κ3) is 4.53. The number of thioether (sulfide) groups is 1. The zero-order chi connectivity index (χ0) is 24.4. The molecule has 0 spiro atoms. The lowest BCUT2D eigenvalue weighted by molar-refractivity contribution is -0.384. The summed E-state index contributed by atoms with van der Waals surface area (Å²) in [6, 6.07) is 15.4. The first-order chi connectivity index (χ1) is 16.3. The normalized spacial score (nSPS) is 10.9. The Bertz CT molecular complexity index is 1500. The van der Waals surface area contributed by atoms with E-state index in [0.29, 0.717) is 21.7 Å². The third-order valence-electron chi connectivity index (χ3n) is 5.33. The summed E-state index contributed by atoms with van der Waals surface area (Å²) in [5.74, 6) is -1.59. The largest absolute Gasteiger partial charge is 0.323 e. The third-order valence-corrected chi connectivity index (χ3v) is 6.27. The van der Waals surface area contributed by atoms with Crippen LogP contribution >= 0.6 is 11.8 Å². The van der Waals surface area contributed by atoms with E-state index in [2.05, 4.69) is 10.3 Å². The molecule has 0 saturated heterocycles. The maximum Gasteiger partial charge on any atom is 0.271 e. The lowest BCUT2D eigenvalue weighted by Gasteiger charge is -2.16. The van der Waals surface area contributed by atoms with Crippen molar-refractivity contribution in [2.75, 3.05) is 11.1 Å². The summed E-state index contributed by atoms with van der Waals surface area (Å²) in [5, 5.41) is 14.0. The Hall–Kier alpha value is -4.05. The van der Waals surface area contributed by atoms with Crippen LogP contribution in [0.15, 0.2) is 70.6 Å². The topological polar surface area (TPSA) is 107 Å². The van der Waals surface area contributed by atoms with E-state index in [4.69, 9.17) is 0 Å². The molecular weight excluding hydrogens is 459 g/mol. The van der Waals surface area contributed by atoms with Crippen LogP contribution < -0.4 is 10.9 Å². The fourth-order valence-electron chi connectivity index (χ4n) is 3.44. The van der Waals surface area contributed by atoms with Gasteiger partial charge in [0.05, 0.1) is 33.0 Å². The van der Waals surface area contributed by atoms with Gasteiger partial charge in [-0.1, -0.05) is 36.0 Å². The van der Waals surface area contributed by atoms with Gasteiger partial charge in [-0.25, -0.2) is 9.37 Å². The van der Waals surface area contributed by atoms with Crippen LogP contribution in [-0.4, -0.2) is 26.1 Å². The number of benzene rings is 3. The Balaban J connectivity index is 1.69. The molecule has 1 N–H and O–H groups in total. The second-order valence-electron chi connectivity index (χ2n) is 7.53. The highest BCUT2D eigenvalue weighted by Gasteiger charge is 2.18. The number of aryl methyl sites for hydroxylation is 1. The van der Waals surface area contributed by atoms with Crippen molar-refractivity contribution in [1.82, 2.24) is 9.55 Å². The van der Waals surface area contributed by atoms with Gasteiger partial charge in [-0.2, -0.15) is 0 Å². The number of nitro groups is 1. The van der Waals surface area contributed by atoms with Gasteiger partial charge in [0.15, 0.2) is 5.16 Å². The van der Waals surface area contributed by atoms with Crippen LogP contribution in [0.5, 0.6) is 0 Å². The molecule has 4 rings (SSSR count). The maximum absolute atomic E-state index is 14.0. The molecule has 0 unspecified atom stereocenters. The molecule has 10 heteroatoms. The first kappa shape index (κ1) is 23.1. The molecule has 0 radical (unpaired) electrons. The van der Waals surface area contributed by atoms with Crippen molar-refractivity contribution in [3.8, 4) is 5.69 Å². The zero-order valence-electron chi connectivity index (χ0n) is 18.2. The average Bonchev–Trinajstić information content (AvgIpc) is 2.81. The predicted octanol–water partition coefficient (Wildman–Crippen LogP) is 4.78. The number of hydrogen-bond acceptors (Lipinski definition) is 6. The Morgan fingerprint density at radius 2 is 1.91 bits per heavy atom. The van der Waals surface area contributed by atoms with Crippen molar-refractivity contribution in [2.45, 2.75) is 19.0 Å². The van der Waals surface area contributed by atoms with Gasteiger partial charge in [0.1, 0.15) is 5.82 Å². The Morgan fingerprint density at radius 1 is 1.15 bits per heavy atom. The minimum Gasteiger partial charge on any atom is -0.323 e. The van der Waals surface area contributed by atoms with Crippen molar-refractivity contribution in [3.05, 3.63) is 98.1 Å². The van der Waals surface area contributed by atoms with Crippen LogP contribution in [0.2, 0.25) is 0 Å². The fraction of sp³-hybridized carbons (Fsp3) is 0.125. The highest BCUT2D eigenvalue weighted by molar-refractivity contribution is 7.99. The summed E-state index contributed by atoms with van der Waals surface area (Å²) >= 11 is 1.01. The zero-order valence-corrected chi connectivity index (χ0v) is 19.1. The summed E-state index contributed by atoms with van der Waals surface area (Å²) in [4.78, 5) is 40.8. The maximum atomic E-state index is 14.0. The van der Waals surface area contributed by atoms with E-state index in [1.165, 1.54) is 4.57 Å². The van der Waals surface area contributed by atoms with Crippen molar-refractivity contribution in [2.24, 2.45) is 0 Å². The first-order valence-electron chi connectivity index (χ1n) is 10.2. The van der Waals surface area contributed by atoms with Gasteiger partial charge in [0.25, 0.3) is 11.2 Å². The first-order valence-corrected chi connectivity index (χ1v) is 11.2. The number of rotatable bonds is 6. The van der Waals surface area contributed by atoms with Gasteiger partial charge in [-0.05, 0) is 49.2 Å². The Kier molecular flexibility index (Phi) is 6.42. The van der Waals surface area contributed by atoms with Crippen LogP contribution in [0.25, 0.3) is 16.6 Å². The van der Waals surface area contributed by atoms with E-state index in [-0.39, 0.29) is 22.7 Å². The summed E-state index contributed by atoms with van der Waals surface area (Å²) in [7, 11) is 0. The Labute approximate surface area is 197 Å². The standard InChI is InChI=1S/C24H19FN4O4S/c1-14-6-5-9-21(15(14)2)28-23(31)17-7-3-4-8-19(17)27-24(28)34-13-22(30)26-20-12-16(29(32)33)10-11-18(20)25/h3-12H,13H2,1-2H3,(H,26,30). The van der Waals surface area contributed by atoms with Crippen LogP contribution in [0, 0.1) is 29.8 Å². The SMILES string of the molecule is Cc1cccc(-n2c(SCC(=O)Nc3cc([N+](=O)[O-])ccc3F)nc3ccccc3c2=O)c1C. The molecule has 0 bridgehead atoms. The number of carbonyl (C=O) groups excluding carboxylic acids is 1. The van der Waals surface area contributed by atoms with Crippen LogP contribution in [0.3, 0.4) is 0 Å². The Morgan fingerprint density at radius 3 is 2.68 bits per heavy atom. The minimum atomic E-state index is -0.792. The van der Waals surface area contributed by atoms with Gasteiger partial charge in [-0.3, -0.25) is 24.3 Å². The molecule has 0 aliphatic heterocycles. The molecule has 0 atom stereocenters.